The van der Waals surface area contributed by atoms with E-state index in [-0.39, 0.29) is 22.0 Å². The zero-order valence-corrected chi connectivity index (χ0v) is 21.0. The summed E-state index contributed by atoms with van der Waals surface area (Å²) in [6.07, 6.45) is -2.83. The highest BCUT2D eigenvalue weighted by Crippen LogP contribution is 2.37. The van der Waals surface area contributed by atoms with Crippen LogP contribution >= 0.6 is 34.5 Å². The lowest BCUT2D eigenvalue weighted by Gasteiger charge is -2.15. The largest absolute Gasteiger partial charge is 0.483 e. The van der Waals surface area contributed by atoms with Crippen LogP contribution in [0.15, 0.2) is 53.5 Å². The number of thiazole rings is 1. The third-order valence-electron chi connectivity index (χ3n) is 6.05. The molecule has 0 amide bonds. The molecule has 0 bridgehead atoms. The number of benzene rings is 2. The second-order valence-electron chi connectivity index (χ2n) is 8.29. The first kappa shape index (κ1) is 24.6. The molecule has 6 nitrogen and oxygen atoms in total. The Labute approximate surface area is 217 Å². The molecule has 186 valence electrons. The number of aromatic nitrogens is 3. The Hall–Kier alpha value is -3.08. The van der Waals surface area contributed by atoms with E-state index in [0.29, 0.717) is 46.7 Å². The van der Waals surface area contributed by atoms with E-state index >= 15 is 0 Å². The Bertz CT molecular complexity index is 1550. The van der Waals surface area contributed by atoms with Crippen LogP contribution in [0, 0.1) is 0 Å². The molecule has 0 fully saturated rings. The maximum Gasteiger partial charge on any atom is 0.416 e. The standard InChI is InChI=1S/C24H17Cl2F3N4O2S/c1-31-20(34)19(21(35)33-8-7-32(23(31)33)12-16-11-30-22(26)36-16)14-4-2-3-13(9-14)17-6-5-15(10-18(17)25)24(27,28)29/h2-6,9-11H,7-8,12H2,1H3/p+1. The van der Waals surface area contributed by atoms with Gasteiger partial charge in [0.1, 0.15) is 18.7 Å². The summed E-state index contributed by atoms with van der Waals surface area (Å²) in [4.78, 5) is 20.4. The summed E-state index contributed by atoms with van der Waals surface area (Å²) < 4.78 is 42.7. The van der Waals surface area contributed by atoms with E-state index in [9.17, 15) is 23.1 Å². The molecule has 0 atom stereocenters. The number of fused-ring (bicyclic) bond motifs is 1. The first-order valence-corrected chi connectivity index (χ1v) is 12.3. The van der Waals surface area contributed by atoms with Crippen molar-refractivity contribution in [3.63, 3.8) is 0 Å². The zero-order valence-electron chi connectivity index (χ0n) is 18.7. The number of hydrogen-bond donors (Lipinski definition) is 1. The van der Waals surface area contributed by atoms with Crippen LogP contribution in [0.5, 0.6) is 5.88 Å². The molecule has 1 aliphatic heterocycles. The minimum atomic E-state index is -4.51. The van der Waals surface area contributed by atoms with Gasteiger partial charge in [-0.1, -0.05) is 47.5 Å². The first-order valence-electron chi connectivity index (χ1n) is 10.7. The maximum absolute atomic E-state index is 13.5. The molecule has 2 aromatic carbocycles. The van der Waals surface area contributed by atoms with Crippen molar-refractivity contribution in [2.24, 2.45) is 7.05 Å². The maximum atomic E-state index is 13.5. The highest BCUT2D eigenvalue weighted by molar-refractivity contribution is 7.15. The van der Waals surface area contributed by atoms with Crippen LogP contribution in [0.4, 0.5) is 19.1 Å². The molecule has 0 saturated heterocycles. The van der Waals surface area contributed by atoms with Gasteiger partial charge in [0.2, 0.25) is 0 Å². The Morgan fingerprint density at radius 1 is 1.14 bits per heavy atom. The molecule has 5 rings (SSSR count). The van der Waals surface area contributed by atoms with Gasteiger partial charge in [0.05, 0.1) is 24.0 Å². The van der Waals surface area contributed by atoms with Crippen LogP contribution in [-0.2, 0) is 26.3 Å². The summed E-state index contributed by atoms with van der Waals surface area (Å²) in [5.41, 5.74) is 0.187. The van der Waals surface area contributed by atoms with E-state index in [1.165, 1.54) is 17.4 Å². The Morgan fingerprint density at radius 3 is 2.56 bits per heavy atom. The third-order valence-corrected chi connectivity index (χ3v) is 7.46. The predicted molar refractivity (Wildman–Crippen MR) is 133 cm³/mol. The summed E-state index contributed by atoms with van der Waals surface area (Å²) in [6, 6.07) is 9.76. The molecule has 2 aromatic heterocycles. The van der Waals surface area contributed by atoms with Crippen LogP contribution in [0.25, 0.3) is 22.3 Å². The van der Waals surface area contributed by atoms with E-state index in [0.717, 1.165) is 17.0 Å². The van der Waals surface area contributed by atoms with Crippen molar-refractivity contribution in [2.45, 2.75) is 19.3 Å². The Morgan fingerprint density at radius 2 is 1.89 bits per heavy atom. The monoisotopic (exact) mass is 553 g/mol. The quantitative estimate of drug-likeness (QED) is 0.338. The van der Waals surface area contributed by atoms with Crippen molar-refractivity contribution >= 4 is 40.5 Å². The van der Waals surface area contributed by atoms with Crippen molar-refractivity contribution in [3.8, 4) is 28.1 Å². The lowest BCUT2D eigenvalue weighted by atomic mass is 9.99. The van der Waals surface area contributed by atoms with E-state index in [1.807, 2.05) is 4.90 Å². The fraction of sp³-hybridized carbons (Fsp3) is 0.208. The number of anilines is 1. The van der Waals surface area contributed by atoms with Gasteiger partial charge in [0.15, 0.2) is 4.47 Å². The molecule has 0 spiro atoms. The highest BCUT2D eigenvalue weighted by Gasteiger charge is 2.36. The second kappa shape index (κ2) is 9.10. The number of nitrogens with zero attached hydrogens (tertiary/aromatic N) is 4. The van der Waals surface area contributed by atoms with Gasteiger partial charge >= 0.3 is 17.7 Å². The van der Waals surface area contributed by atoms with Crippen molar-refractivity contribution in [2.75, 3.05) is 11.4 Å². The lowest BCUT2D eigenvalue weighted by Crippen LogP contribution is -2.42. The van der Waals surface area contributed by atoms with Crippen molar-refractivity contribution in [3.05, 3.63) is 78.9 Å². The van der Waals surface area contributed by atoms with E-state index in [2.05, 4.69) is 4.98 Å². The van der Waals surface area contributed by atoms with Gasteiger partial charge in [-0.15, -0.1) is 11.3 Å². The molecule has 36 heavy (non-hydrogen) atoms. The minimum Gasteiger partial charge on any atom is -0.483 e. The van der Waals surface area contributed by atoms with E-state index in [4.69, 9.17) is 23.2 Å². The van der Waals surface area contributed by atoms with Crippen LogP contribution in [0.3, 0.4) is 0 Å². The Kier molecular flexibility index (Phi) is 6.22. The molecule has 4 aromatic rings. The summed E-state index contributed by atoms with van der Waals surface area (Å²) in [6.45, 7) is 1.47. The number of aromatic hydroxyl groups is 1. The zero-order chi connectivity index (χ0) is 25.8. The number of halogens is 5. The SMILES string of the molecule is C[n+]1c(O)c(-c2cccc(-c3ccc(C(F)(F)F)cc3Cl)c2)c(=O)n2c1N(Cc1cnc(Cl)s1)CC2. The fourth-order valence-electron chi connectivity index (χ4n) is 4.38. The van der Waals surface area contributed by atoms with Crippen LogP contribution < -0.4 is 15.0 Å². The minimum absolute atomic E-state index is 0.0683. The molecule has 0 aliphatic carbocycles. The second-order valence-corrected chi connectivity index (χ2v) is 10.4. The van der Waals surface area contributed by atoms with Gasteiger partial charge in [-0.05, 0) is 29.3 Å². The highest BCUT2D eigenvalue weighted by atomic mass is 35.5. The summed E-state index contributed by atoms with van der Waals surface area (Å²) >= 11 is 13.5. The summed E-state index contributed by atoms with van der Waals surface area (Å²) in [7, 11) is 1.67. The van der Waals surface area contributed by atoms with E-state index < -0.39 is 11.7 Å². The van der Waals surface area contributed by atoms with Gasteiger partial charge in [-0.2, -0.15) is 17.7 Å². The number of hydrogen-bond acceptors (Lipinski definition) is 5. The smallest absolute Gasteiger partial charge is 0.416 e. The van der Waals surface area contributed by atoms with Crippen molar-refractivity contribution < 1.29 is 22.8 Å². The average molecular weight is 554 g/mol. The number of rotatable bonds is 4. The van der Waals surface area contributed by atoms with Gasteiger partial charge in [0, 0.05) is 16.8 Å². The van der Waals surface area contributed by atoms with E-state index in [1.54, 1.807) is 46.6 Å². The Balaban J connectivity index is 1.55. The van der Waals surface area contributed by atoms with Gasteiger partial charge in [0.25, 0.3) is 5.88 Å². The van der Waals surface area contributed by atoms with Gasteiger partial charge in [-0.3, -0.25) is 4.90 Å². The van der Waals surface area contributed by atoms with Crippen LogP contribution in [0.2, 0.25) is 9.49 Å². The molecule has 0 unspecified atom stereocenters. The molecule has 12 heteroatoms. The fourth-order valence-corrected chi connectivity index (χ4v) is 5.67. The van der Waals surface area contributed by atoms with Gasteiger partial charge in [-0.25, -0.2) is 14.3 Å². The average Bonchev–Trinajstić information content (AvgIpc) is 3.43. The molecule has 0 radical (unpaired) electrons. The molecular weight excluding hydrogens is 536 g/mol. The normalized spacial score (nSPS) is 13.3. The lowest BCUT2D eigenvalue weighted by molar-refractivity contribution is -0.668. The van der Waals surface area contributed by atoms with Crippen LogP contribution in [0.1, 0.15) is 10.4 Å². The molecule has 1 aliphatic rings. The predicted octanol–water partition coefficient (Wildman–Crippen LogP) is 5.51. The molecular formula is C24H18Cl2F3N4O2S+. The topological polar surface area (TPSA) is 62.2 Å². The van der Waals surface area contributed by atoms with Crippen molar-refractivity contribution in [1.82, 2.24) is 9.55 Å². The third kappa shape index (κ3) is 4.33. The first-order chi connectivity index (χ1) is 17.0. The van der Waals surface area contributed by atoms with Gasteiger partial charge < -0.3 is 5.11 Å². The summed E-state index contributed by atoms with van der Waals surface area (Å²) in [5, 5.41) is 11.0. The molecule has 1 N–H and O–H groups in total. The summed E-state index contributed by atoms with van der Waals surface area (Å²) in [5.74, 6) is 0.323. The van der Waals surface area contributed by atoms with Crippen molar-refractivity contribution in [1.29, 1.82) is 0 Å². The molecule has 3 heterocycles. The van der Waals surface area contributed by atoms with Crippen LogP contribution in [-0.4, -0.2) is 21.2 Å². The molecule has 0 saturated carbocycles. The number of alkyl halides is 3.